The van der Waals surface area contributed by atoms with E-state index in [1.165, 1.54) is 24.5 Å². The molecule has 0 N–H and O–H groups in total. The molecule has 1 aromatic rings. The van der Waals surface area contributed by atoms with Gasteiger partial charge in [-0.15, -0.1) is 0 Å². The molecule has 0 aliphatic heterocycles. The maximum atomic E-state index is 4.15. The average Bonchev–Trinajstić information content (AvgIpc) is 2.70. The zero-order chi connectivity index (χ0) is 9.00. The van der Waals surface area contributed by atoms with Crippen molar-refractivity contribution in [3.8, 4) is 0 Å². The van der Waals surface area contributed by atoms with Gasteiger partial charge in [-0.2, -0.15) is 0 Å². The summed E-state index contributed by atoms with van der Waals surface area (Å²) in [5.41, 5.74) is 3.12. The molecule has 0 aromatic heterocycles. The fraction of sp³-hybridized carbons (Fsp3) is 0.385. The van der Waals surface area contributed by atoms with Crippen molar-refractivity contribution in [2.45, 2.75) is 31.1 Å². The number of rotatable bonds is 0. The summed E-state index contributed by atoms with van der Waals surface area (Å²) in [4.78, 5) is 0. The SMILES string of the molecule is C=c1ccc2c(c1=C)C1CCC2C1. The summed E-state index contributed by atoms with van der Waals surface area (Å²) in [6.07, 6.45) is 4.15. The summed E-state index contributed by atoms with van der Waals surface area (Å²) in [7, 11) is 0. The van der Waals surface area contributed by atoms with Crippen LogP contribution in [0.15, 0.2) is 12.1 Å². The standard InChI is InChI=1S/C13H14/c1-8-3-6-12-10-4-5-11(7-10)13(12)9(8)2/h3,6,10-11H,1-2,4-5,7H2. The number of hydrogen-bond donors (Lipinski definition) is 0. The van der Waals surface area contributed by atoms with Crippen LogP contribution in [0.5, 0.6) is 0 Å². The van der Waals surface area contributed by atoms with E-state index in [2.05, 4.69) is 25.3 Å². The maximum Gasteiger partial charge on any atom is -0.0147 e. The second-order valence-electron chi connectivity index (χ2n) is 4.41. The molecule has 0 amide bonds. The van der Waals surface area contributed by atoms with Gasteiger partial charge in [0.25, 0.3) is 0 Å². The third-order valence-electron chi connectivity index (χ3n) is 3.77. The van der Waals surface area contributed by atoms with Crippen molar-refractivity contribution in [2.24, 2.45) is 0 Å². The Morgan fingerprint density at radius 2 is 1.85 bits per heavy atom. The van der Waals surface area contributed by atoms with E-state index in [1.54, 1.807) is 11.1 Å². The lowest BCUT2D eigenvalue weighted by Gasteiger charge is -2.15. The van der Waals surface area contributed by atoms with Gasteiger partial charge in [0.1, 0.15) is 0 Å². The molecule has 1 fully saturated rings. The van der Waals surface area contributed by atoms with Crippen molar-refractivity contribution < 1.29 is 0 Å². The van der Waals surface area contributed by atoms with E-state index in [1.807, 2.05) is 0 Å². The molecule has 0 nitrogen and oxygen atoms in total. The van der Waals surface area contributed by atoms with Gasteiger partial charge in [0.2, 0.25) is 0 Å². The van der Waals surface area contributed by atoms with Crippen LogP contribution in [-0.4, -0.2) is 0 Å². The van der Waals surface area contributed by atoms with Crippen molar-refractivity contribution >= 4 is 13.2 Å². The van der Waals surface area contributed by atoms with Gasteiger partial charge < -0.3 is 0 Å². The van der Waals surface area contributed by atoms with Crippen LogP contribution in [0.3, 0.4) is 0 Å². The zero-order valence-corrected chi connectivity index (χ0v) is 7.84. The molecule has 1 aromatic carbocycles. The Hall–Kier alpha value is -1.04. The molecule has 0 saturated heterocycles. The molecule has 0 radical (unpaired) electrons. The largest absolute Gasteiger partial charge is 0.0912 e. The van der Waals surface area contributed by atoms with E-state index in [0.29, 0.717) is 0 Å². The first-order valence-corrected chi connectivity index (χ1v) is 5.08. The van der Waals surface area contributed by atoms with E-state index < -0.39 is 0 Å². The highest BCUT2D eigenvalue weighted by Crippen LogP contribution is 2.51. The minimum absolute atomic E-state index is 0.814. The van der Waals surface area contributed by atoms with Crippen LogP contribution < -0.4 is 10.4 Å². The lowest BCUT2D eigenvalue weighted by atomic mass is 9.90. The summed E-state index contributed by atoms with van der Waals surface area (Å²) in [5.74, 6) is 1.66. The molecule has 2 unspecified atom stereocenters. The molecule has 13 heavy (non-hydrogen) atoms. The van der Waals surface area contributed by atoms with Crippen LogP contribution >= 0.6 is 0 Å². The van der Waals surface area contributed by atoms with Crippen LogP contribution in [0.4, 0.5) is 0 Å². The highest BCUT2D eigenvalue weighted by Gasteiger charge is 2.36. The summed E-state index contributed by atoms with van der Waals surface area (Å²) < 4.78 is 0. The predicted molar refractivity (Wildman–Crippen MR) is 56.1 cm³/mol. The molecule has 0 spiro atoms. The molecular formula is C13H14. The van der Waals surface area contributed by atoms with Gasteiger partial charge in [0.05, 0.1) is 0 Å². The quantitative estimate of drug-likeness (QED) is 0.557. The summed E-state index contributed by atoms with van der Waals surface area (Å²) >= 11 is 0. The van der Waals surface area contributed by atoms with Crippen LogP contribution in [0.2, 0.25) is 0 Å². The van der Waals surface area contributed by atoms with Gasteiger partial charge in [-0.25, -0.2) is 0 Å². The van der Waals surface area contributed by atoms with Crippen LogP contribution in [0.1, 0.15) is 42.2 Å². The van der Waals surface area contributed by atoms with E-state index in [9.17, 15) is 0 Å². The Labute approximate surface area is 78.6 Å². The maximum absolute atomic E-state index is 4.15. The summed E-state index contributed by atoms with van der Waals surface area (Å²) in [6, 6.07) is 4.40. The van der Waals surface area contributed by atoms with Gasteiger partial charge in [-0.05, 0) is 52.7 Å². The molecule has 3 rings (SSSR count). The molecule has 2 aliphatic carbocycles. The van der Waals surface area contributed by atoms with Crippen LogP contribution in [0.25, 0.3) is 13.2 Å². The summed E-state index contributed by atoms with van der Waals surface area (Å²) in [5, 5.41) is 2.33. The molecule has 0 heteroatoms. The van der Waals surface area contributed by atoms with E-state index in [0.717, 1.165) is 17.1 Å². The Kier molecular flexibility index (Phi) is 1.28. The first-order valence-electron chi connectivity index (χ1n) is 5.08. The lowest BCUT2D eigenvalue weighted by Crippen LogP contribution is -2.27. The van der Waals surface area contributed by atoms with Gasteiger partial charge in [0, 0.05) is 0 Å². The van der Waals surface area contributed by atoms with Crippen molar-refractivity contribution in [1.82, 2.24) is 0 Å². The highest BCUT2D eigenvalue weighted by molar-refractivity contribution is 5.43. The highest BCUT2D eigenvalue weighted by atomic mass is 14.4. The minimum Gasteiger partial charge on any atom is -0.0912 e. The molecule has 2 bridgehead atoms. The summed E-state index contributed by atoms with van der Waals surface area (Å²) in [6.45, 7) is 8.17. The van der Waals surface area contributed by atoms with E-state index in [4.69, 9.17) is 0 Å². The number of fused-ring (bicyclic) bond motifs is 5. The molecule has 2 atom stereocenters. The Bertz CT molecular complexity index is 456. The van der Waals surface area contributed by atoms with Crippen molar-refractivity contribution in [3.05, 3.63) is 33.7 Å². The first kappa shape index (κ1) is 7.37. The number of benzene rings is 1. The second-order valence-corrected chi connectivity index (χ2v) is 4.41. The monoisotopic (exact) mass is 170 g/mol. The molecule has 66 valence electrons. The van der Waals surface area contributed by atoms with Gasteiger partial charge >= 0.3 is 0 Å². The van der Waals surface area contributed by atoms with Gasteiger partial charge in [-0.3, -0.25) is 0 Å². The molecule has 0 heterocycles. The minimum atomic E-state index is 0.814. The Morgan fingerprint density at radius 1 is 1.08 bits per heavy atom. The average molecular weight is 170 g/mol. The van der Waals surface area contributed by atoms with Crippen molar-refractivity contribution in [3.63, 3.8) is 0 Å². The van der Waals surface area contributed by atoms with E-state index >= 15 is 0 Å². The van der Waals surface area contributed by atoms with E-state index in [-0.39, 0.29) is 0 Å². The second kappa shape index (κ2) is 2.25. The molecule has 2 aliphatic rings. The molecular weight excluding hydrogens is 156 g/mol. The Balaban J connectivity index is 2.39. The fourth-order valence-electron chi connectivity index (χ4n) is 3.09. The van der Waals surface area contributed by atoms with Crippen molar-refractivity contribution in [1.29, 1.82) is 0 Å². The predicted octanol–water partition coefficient (Wildman–Crippen LogP) is 1.87. The first-order chi connectivity index (χ1) is 6.27. The van der Waals surface area contributed by atoms with Gasteiger partial charge in [-0.1, -0.05) is 25.3 Å². The smallest absolute Gasteiger partial charge is 0.0147 e. The molecule has 1 saturated carbocycles. The van der Waals surface area contributed by atoms with Crippen LogP contribution in [-0.2, 0) is 0 Å². The Morgan fingerprint density at radius 3 is 2.69 bits per heavy atom. The lowest BCUT2D eigenvalue weighted by molar-refractivity contribution is 0.713. The van der Waals surface area contributed by atoms with Crippen molar-refractivity contribution in [2.75, 3.05) is 0 Å². The normalized spacial score (nSPS) is 29.2. The number of hydrogen-bond acceptors (Lipinski definition) is 0. The topological polar surface area (TPSA) is 0 Å². The zero-order valence-electron chi connectivity index (χ0n) is 7.84. The van der Waals surface area contributed by atoms with Gasteiger partial charge in [0.15, 0.2) is 0 Å². The third kappa shape index (κ3) is 0.810. The third-order valence-corrected chi connectivity index (χ3v) is 3.77. The van der Waals surface area contributed by atoms with Crippen LogP contribution in [0, 0.1) is 0 Å². The fourth-order valence-corrected chi connectivity index (χ4v) is 3.09.